The first kappa shape index (κ1) is 15.3. The number of nitrogens with two attached hydrogens (primary N) is 1. The number of hydrogen-bond donors (Lipinski definition) is 2. The monoisotopic (exact) mass is 230 g/mol. The lowest BCUT2D eigenvalue weighted by Crippen LogP contribution is -2.49. The van der Waals surface area contributed by atoms with Crippen molar-refractivity contribution in [2.45, 2.75) is 19.4 Å². The molecule has 0 aromatic heterocycles. The predicted molar refractivity (Wildman–Crippen MR) is 67.3 cm³/mol. The normalized spacial score (nSPS) is 13.4. The van der Waals surface area contributed by atoms with Gasteiger partial charge < -0.3 is 16.0 Å². The van der Waals surface area contributed by atoms with Crippen LogP contribution < -0.4 is 11.1 Å². The van der Waals surface area contributed by atoms with Crippen LogP contribution >= 0.6 is 0 Å². The van der Waals surface area contributed by atoms with Crippen LogP contribution in [-0.2, 0) is 4.79 Å². The maximum absolute atomic E-state index is 11.1. The molecule has 0 radical (unpaired) electrons. The Morgan fingerprint density at radius 2 is 1.94 bits per heavy atom. The quantitative estimate of drug-likeness (QED) is 0.552. The molecule has 1 atom stereocenters. The van der Waals surface area contributed by atoms with E-state index in [-0.39, 0.29) is 11.9 Å². The summed E-state index contributed by atoms with van der Waals surface area (Å²) in [6.07, 6.45) is 1.09. The van der Waals surface area contributed by atoms with E-state index in [1.165, 1.54) is 0 Å². The highest BCUT2D eigenvalue weighted by atomic mass is 16.1. The number of hydrogen-bond acceptors (Lipinski definition) is 4. The Labute approximate surface area is 99.0 Å². The maximum Gasteiger partial charge on any atom is 0.235 e. The second-order valence-electron chi connectivity index (χ2n) is 4.35. The van der Waals surface area contributed by atoms with E-state index in [0.717, 1.165) is 26.1 Å². The van der Waals surface area contributed by atoms with Crippen LogP contribution in [0.25, 0.3) is 0 Å². The lowest BCUT2D eigenvalue weighted by Gasteiger charge is -2.26. The third-order valence-corrected chi connectivity index (χ3v) is 2.54. The summed E-state index contributed by atoms with van der Waals surface area (Å²) in [5.74, 6) is -0.284. The molecule has 0 saturated carbocycles. The number of carbonyl (C=O) groups excluding carboxylic acids is 1. The molecule has 0 aromatic rings. The second kappa shape index (κ2) is 8.50. The summed E-state index contributed by atoms with van der Waals surface area (Å²) in [5, 5.41) is 2.95. The number of amides is 1. The van der Waals surface area contributed by atoms with Gasteiger partial charge in [-0.2, -0.15) is 0 Å². The minimum absolute atomic E-state index is 0.256. The van der Waals surface area contributed by atoms with E-state index < -0.39 is 0 Å². The van der Waals surface area contributed by atoms with Gasteiger partial charge in [0.05, 0.1) is 6.04 Å². The molecule has 1 unspecified atom stereocenters. The zero-order chi connectivity index (χ0) is 12.6. The highest BCUT2D eigenvalue weighted by Gasteiger charge is 2.16. The van der Waals surface area contributed by atoms with Gasteiger partial charge in [0.2, 0.25) is 5.91 Å². The molecular formula is C11H26N4O. The molecule has 5 nitrogen and oxygen atoms in total. The van der Waals surface area contributed by atoms with Crippen molar-refractivity contribution in [3.05, 3.63) is 0 Å². The van der Waals surface area contributed by atoms with Crippen molar-refractivity contribution in [3.8, 4) is 0 Å². The Morgan fingerprint density at radius 1 is 1.31 bits per heavy atom. The van der Waals surface area contributed by atoms with Gasteiger partial charge in [0.1, 0.15) is 0 Å². The van der Waals surface area contributed by atoms with E-state index in [0.29, 0.717) is 6.54 Å². The van der Waals surface area contributed by atoms with Gasteiger partial charge in [-0.05, 0) is 34.1 Å². The summed E-state index contributed by atoms with van der Waals surface area (Å²) in [5.41, 5.74) is 5.31. The van der Waals surface area contributed by atoms with Crippen molar-refractivity contribution in [1.29, 1.82) is 0 Å². The average Bonchev–Trinajstić information content (AvgIpc) is 2.21. The largest absolute Gasteiger partial charge is 0.368 e. The van der Waals surface area contributed by atoms with Crippen molar-refractivity contribution in [2.24, 2.45) is 5.73 Å². The van der Waals surface area contributed by atoms with Gasteiger partial charge in [-0.15, -0.1) is 0 Å². The molecule has 3 N–H and O–H groups in total. The van der Waals surface area contributed by atoms with Crippen LogP contribution in [0.1, 0.15) is 13.3 Å². The number of nitrogens with zero attached hydrogens (tertiary/aromatic N) is 2. The molecule has 1 amide bonds. The first-order valence-corrected chi connectivity index (χ1v) is 5.84. The van der Waals surface area contributed by atoms with Gasteiger partial charge in [0.25, 0.3) is 0 Å². The zero-order valence-corrected chi connectivity index (χ0v) is 11.0. The molecule has 0 aliphatic rings. The summed E-state index contributed by atoms with van der Waals surface area (Å²) in [6, 6.07) is -0.256. The lowest BCUT2D eigenvalue weighted by atomic mass is 10.2. The predicted octanol–water partition coefficient (Wildman–Crippen LogP) is -0.667. The number of likely N-dealkylation sites (N-methyl/N-ethyl adjacent to an activating group) is 2. The number of rotatable bonds is 9. The molecule has 0 spiro atoms. The van der Waals surface area contributed by atoms with E-state index in [4.69, 9.17) is 5.73 Å². The van der Waals surface area contributed by atoms with Gasteiger partial charge >= 0.3 is 0 Å². The van der Waals surface area contributed by atoms with Gasteiger partial charge in [-0.25, -0.2) is 0 Å². The molecule has 0 aliphatic carbocycles. The Hall–Kier alpha value is -0.650. The zero-order valence-electron chi connectivity index (χ0n) is 11.0. The van der Waals surface area contributed by atoms with E-state index >= 15 is 0 Å². The summed E-state index contributed by atoms with van der Waals surface area (Å²) >= 11 is 0. The highest BCUT2D eigenvalue weighted by Crippen LogP contribution is 1.95. The van der Waals surface area contributed by atoms with Gasteiger partial charge in [0, 0.05) is 19.6 Å². The van der Waals surface area contributed by atoms with Crippen LogP contribution in [0.15, 0.2) is 0 Å². The number of nitrogens with one attached hydrogen (secondary N) is 1. The van der Waals surface area contributed by atoms with Crippen molar-refractivity contribution < 1.29 is 4.79 Å². The first-order valence-electron chi connectivity index (χ1n) is 5.84. The van der Waals surface area contributed by atoms with Crippen LogP contribution in [0, 0.1) is 0 Å². The number of primary amides is 1. The summed E-state index contributed by atoms with van der Waals surface area (Å²) in [4.78, 5) is 15.5. The molecule has 0 heterocycles. The Morgan fingerprint density at radius 3 is 2.31 bits per heavy atom. The Kier molecular flexibility index (Phi) is 8.15. The third-order valence-electron chi connectivity index (χ3n) is 2.54. The first-order chi connectivity index (χ1) is 7.51. The highest BCUT2D eigenvalue weighted by molar-refractivity contribution is 5.80. The molecule has 96 valence electrons. The molecule has 0 aromatic carbocycles. The van der Waals surface area contributed by atoms with Crippen LogP contribution in [0.5, 0.6) is 0 Å². The van der Waals surface area contributed by atoms with Gasteiger partial charge in [0.15, 0.2) is 0 Å². The van der Waals surface area contributed by atoms with Crippen LogP contribution in [0.4, 0.5) is 0 Å². The van der Waals surface area contributed by atoms with Crippen molar-refractivity contribution in [2.75, 3.05) is 47.3 Å². The van der Waals surface area contributed by atoms with E-state index in [1.54, 1.807) is 7.05 Å². The van der Waals surface area contributed by atoms with Gasteiger partial charge in [-0.1, -0.05) is 6.92 Å². The SMILES string of the molecule is CCCN(CCN(C)C)CC(NC)C(N)=O. The van der Waals surface area contributed by atoms with Crippen LogP contribution in [0.3, 0.4) is 0 Å². The van der Waals surface area contributed by atoms with Crippen LogP contribution in [0.2, 0.25) is 0 Å². The van der Waals surface area contributed by atoms with E-state index in [2.05, 4.69) is 22.0 Å². The summed E-state index contributed by atoms with van der Waals surface area (Å²) < 4.78 is 0. The van der Waals surface area contributed by atoms with Gasteiger partial charge in [-0.3, -0.25) is 9.69 Å². The molecule has 5 heteroatoms. The second-order valence-corrected chi connectivity index (χ2v) is 4.35. The number of carbonyl (C=O) groups is 1. The topological polar surface area (TPSA) is 61.6 Å². The van der Waals surface area contributed by atoms with Crippen molar-refractivity contribution in [3.63, 3.8) is 0 Å². The summed E-state index contributed by atoms with van der Waals surface area (Å²) in [6.45, 7) is 5.79. The fourth-order valence-electron chi connectivity index (χ4n) is 1.53. The van der Waals surface area contributed by atoms with Crippen molar-refractivity contribution in [1.82, 2.24) is 15.1 Å². The molecule has 0 saturated heterocycles. The maximum atomic E-state index is 11.1. The van der Waals surface area contributed by atoms with Crippen LogP contribution in [-0.4, -0.2) is 69.1 Å². The minimum Gasteiger partial charge on any atom is -0.368 e. The molecule has 0 fully saturated rings. The standard InChI is InChI=1S/C11H26N4O/c1-5-6-15(8-7-14(3)4)9-10(13-2)11(12)16/h10,13H,5-9H2,1-4H3,(H2,12,16). The van der Waals surface area contributed by atoms with E-state index in [9.17, 15) is 4.79 Å². The smallest absolute Gasteiger partial charge is 0.235 e. The summed E-state index contributed by atoms with van der Waals surface area (Å²) in [7, 11) is 5.87. The Balaban J connectivity index is 4.13. The molecule has 0 aliphatic heterocycles. The van der Waals surface area contributed by atoms with E-state index in [1.807, 2.05) is 14.1 Å². The Bertz CT molecular complexity index is 196. The minimum atomic E-state index is -0.284. The van der Waals surface area contributed by atoms with Crippen molar-refractivity contribution >= 4 is 5.91 Å². The average molecular weight is 230 g/mol. The molecule has 0 rings (SSSR count). The molecule has 0 bridgehead atoms. The lowest BCUT2D eigenvalue weighted by molar-refractivity contribution is -0.120. The third kappa shape index (κ3) is 6.76. The fraction of sp³-hybridized carbons (Fsp3) is 0.909. The fourth-order valence-corrected chi connectivity index (χ4v) is 1.53. The molecule has 16 heavy (non-hydrogen) atoms. The molecular weight excluding hydrogens is 204 g/mol.